The molecule has 1 aliphatic rings. The highest BCUT2D eigenvalue weighted by Crippen LogP contribution is 2.29. The minimum Gasteiger partial charge on any atom is -0.443 e. The summed E-state index contributed by atoms with van der Waals surface area (Å²) < 4.78 is 34.0. The molecule has 0 unspecified atom stereocenters. The summed E-state index contributed by atoms with van der Waals surface area (Å²) in [5.74, 6) is 1.65. The minimum atomic E-state index is -3.57. The van der Waals surface area contributed by atoms with Crippen LogP contribution in [0.4, 0.5) is 16.6 Å². The zero-order valence-electron chi connectivity index (χ0n) is 24.2. The average molecular weight is 591 g/mol. The Kier molecular flexibility index (Phi) is 8.79. The summed E-state index contributed by atoms with van der Waals surface area (Å²) in [6, 6.07) is 20.5. The van der Waals surface area contributed by atoms with Gasteiger partial charge >= 0.3 is 6.09 Å². The van der Waals surface area contributed by atoms with Crippen molar-refractivity contribution in [2.45, 2.75) is 57.0 Å². The quantitative estimate of drug-likeness (QED) is 0.179. The van der Waals surface area contributed by atoms with Gasteiger partial charge in [0.05, 0.1) is 10.4 Å². The van der Waals surface area contributed by atoms with E-state index in [1.165, 1.54) is 0 Å². The topological polar surface area (TPSA) is 134 Å². The first kappa shape index (κ1) is 29.5. The van der Waals surface area contributed by atoms with E-state index in [0.29, 0.717) is 41.6 Å². The molecule has 3 aromatic carbocycles. The molecule has 5 rings (SSSR count). The zero-order valence-corrected chi connectivity index (χ0v) is 25.0. The van der Waals surface area contributed by atoms with E-state index in [1.807, 2.05) is 54.6 Å². The standard InChI is InChI=1S/C31H38N6O4S/c1-31(2,3)41-30(38)37-36-28-26-10-6-7-11-27(26)34-29(35-28)32-19-21-12-14-22(15-13-21)20-33-42(39,40)25-17-16-23-8-4-5-9-24(23)18-25/h4-11,16-18,21-22,33H,12-15,19-20H2,1-3H3,(H,37,38)(H2,32,34,35,36)/t21-,22-. The van der Waals surface area contributed by atoms with Gasteiger partial charge in [-0.1, -0.05) is 42.5 Å². The zero-order chi connectivity index (χ0) is 29.7. The second kappa shape index (κ2) is 12.5. The first-order chi connectivity index (χ1) is 20.1. The number of para-hydroxylation sites is 1. The molecule has 0 spiro atoms. The normalized spacial score (nSPS) is 17.6. The predicted octanol–water partition coefficient (Wildman–Crippen LogP) is 5.83. The molecule has 222 valence electrons. The number of nitrogens with one attached hydrogen (secondary N) is 4. The summed E-state index contributed by atoms with van der Waals surface area (Å²) in [5.41, 5.74) is 5.54. The van der Waals surface area contributed by atoms with Crippen LogP contribution in [-0.4, -0.2) is 43.2 Å². The summed E-state index contributed by atoms with van der Waals surface area (Å²) >= 11 is 0. The Hall–Kier alpha value is -3.96. The van der Waals surface area contributed by atoms with Crippen LogP contribution in [-0.2, 0) is 14.8 Å². The van der Waals surface area contributed by atoms with Crippen LogP contribution in [0.1, 0.15) is 46.5 Å². The van der Waals surface area contributed by atoms with Crippen molar-refractivity contribution in [2.24, 2.45) is 11.8 Å². The highest BCUT2D eigenvalue weighted by atomic mass is 32.2. The molecular formula is C31H38N6O4S. The molecule has 4 N–H and O–H groups in total. The van der Waals surface area contributed by atoms with Gasteiger partial charge in [-0.3, -0.25) is 5.43 Å². The highest BCUT2D eigenvalue weighted by molar-refractivity contribution is 7.89. The third kappa shape index (κ3) is 7.65. The molecule has 11 heteroatoms. The second-order valence-corrected chi connectivity index (χ2v) is 13.6. The molecule has 0 radical (unpaired) electrons. The lowest BCUT2D eigenvalue weighted by Gasteiger charge is -2.28. The Balaban J connectivity index is 1.13. The van der Waals surface area contributed by atoms with E-state index in [4.69, 9.17) is 4.74 Å². The van der Waals surface area contributed by atoms with Crippen LogP contribution in [0, 0.1) is 11.8 Å². The van der Waals surface area contributed by atoms with Gasteiger partial charge in [0.15, 0.2) is 5.82 Å². The van der Waals surface area contributed by atoms with Crippen LogP contribution in [0.15, 0.2) is 71.6 Å². The number of hydrogen-bond donors (Lipinski definition) is 4. The largest absolute Gasteiger partial charge is 0.443 e. The molecule has 10 nitrogen and oxygen atoms in total. The van der Waals surface area contributed by atoms with Gasteiger partial charge in [0.2, 0.25) is 16.0 Å². The number of fused-ring (bicyclic) bond motifs is 2. The number of carbonyl (C=O) groups is 1. The molecule has 1 heterocycles. The van der Waals surface area contributed by atoms with E-state index >= 15 is 0 Å². The third-order valence-electron chi connectivity index (χ3n) is 7.39. The molecule has 0 saturated heterocycles. The lowest BCUT2D eigenvalue weighted by Crippen LogP contribution is -2.36. The number of ether oxygens (including phenoxy) is 1. The molecule has 1 fully saturated rings. The number of nitrogens with zero attached hydrogens (tertiary/aromatic N) is 2. The fraction of sp³-hybridized carbons (Fsp3) is 0.387. The Labute approximate surface area is 246 Å². The smallest absolute Gasteiger partial charge is 0.426 e. The Morgan fingerprint density at radius 3 is 2.29 bits per heavy atom. The predicted molar refractivity (Wildman–Crippen MR) is 166 cm³/mol. The van der Waals surface area contributed by atoms with Gasteiger partial charge in [-0.25, -0.2) is 28.3 Å². The molecule has 4 aromatic rings. The van der Waals surface area contributed by atoms with Crippen LogP contribution in [0.5, 0.6) is 0 Å². The van der Waals surface area contributed by atoms with Crippen molar-refractivity contribution in [1.29, 1.82) is 0 Å². The molecule has 1 saturated carbocycles. The number of amides is 1. The third-order valence-corrected chi connectivity index (χ3v) is 8.81. The number of anilines is 2. The Bertz CT molecular complexity index is 1660. The fourth-order valence-corrected chi connectivity index (χ4v) is 6.34. The minimum absolute atomic E-state index is 0.295. The Morgan fingerprint density at radius 2 is 1.55 bits per heavy atom. The monoisotopic (exact) mass is 590 g/mol. The summed E-state index contributed by atoms with van der Waals surface area (Å²) in [7, 11) is -3.57. The van der Waals surface area contributed by atoms with E-state index in [-0.39, 0.29) is 0 Å². The lowest BCUT2D eigenvalue weighted by molar-refractivity contribution is 0.0541. The van der Waals surface area contributed by atoms with Crippen molar-refractivity contribution in [3.8, 4) is 0 Å². The molecule has 0 atom stereocenters. The van der Waals surface area contributed by atoms with Crippen molar-refractivity contribution in [2.75, 3.05) is 23.8 Å². The summed E-state index contributed by atoms with van der Waals surface area (Å²) in [6.07, 6.45) is 3.24. The van der Waals surface area contributed by atoms with Crippen LogP contribution < -0.4 is 20.9 Å². The van der Waals surface area contributed by atoms with Crippen molar-refractivity contribution < 1.29 is 17.9 Å². The number of hydrogen-bond acceptors (Lipinski definition) is 8. The maximum atomic E-state index is 12.9. The van der Waals surface area contributed by atoms with Crippen molar-refractivity contribution in [3.63, 3.8) is 0 Å². The molecular weight excluding hydrogens is 552 g/mol. The van der Waals surface area contributed by atoms with E-state index in [1.54, 1.807) is 32.9 Å². The van der Waals surface area contributed by atoms with Gasteiger partial charge in [-0.05, 0) is 93.3 Å². The van der Waals surface area contributed by atoms with Gasteiger partial charge in [-0.2, -0.15) is 4.98 Å². The molecule has 1 amide bonds. The Morgan fingerprint density at radius 1 is 0.881 bits per heavy atom. The first-order valence-electron chi connectivity index (χ1n) is 14.3. The number of carbonyl (C=O) groups excluding carboxylic acids is 1. The van der Waals surface area contributed by atoms with Gasteiger partial charge in [0.25, 0.3) is 0 Å². The molecule has 1 aromatic heterocycles. The highest BCUT2D eigenvalue weighted by Gasteiger charge is 2.24. The molecule has 1 aliphatic carbocycles. The number of benzene rings is 3. The number of hydrazine groups is 1. The van der Waals surface area contributed by atoms with E-state index in [9.17, 15) is 13.2 Å². The van der Waals surface area contributed by atoms with Gasteiger partial charge in [0.1, 0.15) is 5.60 Å². The molecule has 0 bridgehead atoms. The molecule has 0 aliphatic heterocycles. The van der Waals surface area contributed by atoms with Crippen molar-refractivity contribution >= 4 is 49.6 Å². The van der Waals surface area contributed by atoms with Crippen molar-refractivity contribution in [1.82, 2.24) is 20.1 Å². The van der Waals surface area contributed by atoms with Crippen LogP contribution in [0.2, 0.25) is 0 Å². The first-order valence-corrected chi connectivity index (χ1v) is 15.8. The maximum Gasteiger partial charge on any atom is 0.426 e. The average Bonchev–Trinajstić information content (AvgIpc) is 2.97. The fourth-order valence-electron chi connectivity index (χ4n) is 5.19. The van der Waals surface area contributed by atoms with Gasteiger partial charge in [-0.15, -0.1) is 0 Å². The van der Waals surface area contributed by atoms with Crippen molar-refractivity contribution in [3.05, 3.63) is 66.7 Å². The van der Waals surface area contributed by atoms with E-state index < -0.39 is 21.7 Å². The number of rotatable bonds is 9. The molecule has 42 heavy (non-hydrogen) atoms. The van der Waals surface area contributed by atoms with Gasteiger partial charge < -0.3 is 10.1 Å². The maximum absolute atomic E-state index is 12.9. The number of sulfonamides is 1. The van der Waals surface area contributed by atoms with E-state index in [2.05, 4.69) is 30.9 Å². The SMILES string of the molecule is CC(C)(C)OC(=O)NNc1nc(NC[C@H]2CC[C@H](CNS(=O)(=O)c3ccc4ccccc4c3)CC2)nc2ccccc12. The lowest BCUT2D eigenvalue weighted by atomic mass is 9.82. The van der Waals surface area contributed by atoms with Crippen LogP contribution in [0.25, 0.3) is 21.7 Å². The summed E-state index contributed by atoms with van der Waals surface area (Å²) in [4.78, 5) is 21.7. The van der Waals surface area contributed by atoms with E-state index in [0.717, 1.165) is 47.4 Å². The van der Waals surface area contributed by atoms with Crippen LogP contribution >= 0.6 is 0 Å². The van der Waals surface area contributed by atoms with Gasteiger partial charge in [0, 0.05) is 18.5 Å². The van der Waals surface area contributed by atoms with Crippen LogP contribution in [0.3, 0.4) is 0 Å². The second-order valence-electron chi connectivity index (χ2n) is 11.8. The summed E-state index contributed by atoms with van der Waals surface area (Å²) in [5, 5.41) is 6.06. The summed E-state index contributed by atoms with van der Waals surface area (Å²) in [6.45, 7) is 6.53. The number of aromatic nitrogens is 2.